The molecule has 1 fully saturated rings. The summed E-state index contributed by atoms with van der Waals surface area (Å²) in [6.07, 6.45) is 6.63. The minimum Gasteiger partial charge on any atom is -0.304 e. The first-order valence-corrected chi connectivity index (χ1v) is 11.2. The van der Waals surface area contributed by atoms with E-state index in [2.05, 4.69) is 13.2 Å². The molecule has 2 atom stereocenters. The summed E-state index contributed by atoms with van der Waals surface area (Å²) in [5.74, 6) is -0.209. The van der Waals surface area contributed by atoms with Crippen LogP contribution in [0.25, 0.3) is 0 Å². The van der Waals surface area contributed by atoms with Crippen LogP contribution in [0.4, 0.5) is 0 Å². The molecular weight excluding hydrogens is 429 g/mol. The van der Waals surface area contributed by atoms with Crippen molar-refractivity contribution < 1.29 is 4.79 Å². The van der Waals surface area contributed by atoms with Gasteiger partial charge in [0, 0.05) is 28.8 Å². The van der Waals surface area contributed by atoms with E-state index in [-0.39, 0.29) is 11.8 Å². The van der Waals surface area contributed by atoms with Gasteiger partial charge in [0.05, 0.1) is 0 Å². The largest absolute Gasteiger partial charge is 0.304 e. The van der Waals surface area contributed by atoms with Gasteiger partial charge < -0.3 is 11.5 Å². The van der Waals surface area contributed by atoms with Crippen molar-refractivity contribution in [2.45, 2.75) is 43.4 Å². The Bertz CT molecular complexity index is 909. The van der Waals surface area contributed by atoms with Crippen LogP contribution in [0.2, 0.25) is 10.0 Å². The van der Waals surface area contributed by atoms with E-state index >= 15 is 0 Å². The highest BCUT2D eigenvalue weighted by molar-refractivity contribution is 6.30. The SMILES string of the molecule is C=CCC(N)(c1cccc(Cl)c1)N(C(=O)C1CCC1)C(N)(CC=C)c1cccc(Cl)c1. The van der Waals surface area contributed by atoms with Crippen molar-refractivity contribution in [2.24, 2.45) is 17.4 Å². The van der Waals surface area contributed by atoms with E-state index in [1.54, 1.807) is 41.3 Å². The Kier molecular flexibility index (Phi) is 7.28. The van der Waals surface area contributed by atoms with Gasteiger partial charge >= 0.3 is 0 Å². The highest BCUT2D eigenvalue weighted by atomic mass is 35.5. The van der Waals surface area contributed by atoms with Crippen molar-refractivity contribution in [3.05, 3.63) is 95.0 Å². The van der Waals surface area contributed by atoms with Crippen LogP contribution in [0.15, 0.2) is 73.8 Å². The summed E-state index contributed by atoms with van der Waals surface area (Å²) in [7, 11) is 0. The van der Waals surface area contributed by atoms with Gasteiger partial charge in [-0.25, -0.2) is 0 Å². The number of amides is 1. The highest BCUT2D eigenvalue weighted by Gasteiger charge is 2.50. The third-order valence-electron chi connectivity index (χ3n) is 6.03. The zero-order valence-corrected chi connectivity index (χ0v) is 19.1. The Balaban J connectivity index is 2.27. The molecular formula is C25H29Cl2N3O. The van der Waals surface area contributed by atoms with E-state index in [1.165, 1.54) is 0 Å². The molecule has 0 aromatic heterocycles. The molecule has 1 amide bonds. The minimum absolute atomic E-state index is 0.0834. The molecule has 0 aliphatic heterocycles. The van der Waals surface area contributed by atoms with Crippen LogP contribution in [0.5, 0.6) is 0 Å². The zero-order valence-electron chi connectivity index (χ0n) is 17.6. The Labute approximate surface area is 194 Å². The summed E-state index contributed by atoms with van der Waals surface area (Å²) in [6.45, 7) is 7.79. The third-order valence-corrected chi connectivity index (χ3v) is 6.50. The van der Waals surface area contributed by atoms with E-state index in [0.29, 0.717) is 34.0 Å². The van der Waals surface area contributed by atoms with E-state index in [9.17, 15) is 4.79 Å². The number of hydrogen-bond acceptors (Lipinski definition) is 3. The van der Waals surface area contributed by atoms with E-state index < -0.39 is 11.3 Å². The summed E-state index contributed by atoms with van der Waals surface area (Å²) >= 11 is 12.6. The fourth-order valence-corrected chi connectivity index (χ4v) is 4.60. The first-order chi connectivity index (χ1) is 14.8. The summed E-state index contributed by atoms with van der Waals surface area (Å²) < 4.78 is 0. The van der Waals surface area contributed by atoms with Crippen LogP contribution in [-0.2, 0) is 16.1 Å². The number of rotatable bonds is 9. The second-order valence-corrected chi connectivity index (χ2v) is 9.03. The topological polar surface area (TPSA) is 72.3 Å². The normalized spacial score (nSPS) is 17.7. The maximum Gasteiger partial charge on any atom is 0.229 e. The molecule has 0 spiro atoms. The van der Waals surface area contributed by atoms with Crippen LogP contribution in [-0.4, -0.2) is 10.8 Å². The van der Waals surface area contributed by atoms with E-state index in [1.807, 2.05) is 24.3 Å². The molecule has 1 aliphatic rings. The molecule has 1 aliphatic carbocycles. The monoisotopic (exact) mass is 457 g/mol. The molecule has 4 nitrogen and oxygen atoms in total. The number of carbonyl (C=O) groups excluding carboxylic acids is 1. The summed E-state index contributed by atoms with van der Waals surface area (Å²) in [5, 5.41) is 1.06. The maximum absolute atomic E-state index is 13.9. The molecule has 2 aromatic carbocycles. The summed E-state index contributed by atoms with van der Waals surface area (Å²) in [5.41, 5.74) is 13.0. The molecule has 3 rings (SSSR count). The Morgan fingerprint density at radius 1 is 0.968 bits per heavy atom. The molecule has 4 N–H and O–H groups in total. The lowest BCUT2D eigenvalue weighted by Gasteiger charge is -2.53. The van der Waals surface area contributed by atoms with Crippen molar-refractivity contribution in [2.75, 3.05) is 0 Å². The van der Waals surface area contributed by atoms with Gasteiger partial charge in [-0.15, -0.1) is 13.2 Å². The average molecular weight is 458 g/mol. The van der Waals surface area contributed by atoms with E-state index in [0.717, 1.165) is 19.3 Å². The van der Waals surface area contributed by atoms with Crippen molar-refractivity contribution in [1.29, 1.82) is 0 Å². The number of carbonyl (C=O) groups is 1. The molecule has 2 unspecified atom stereocenters. The van der Waals surface area contributed by atoms with Crippen molar-refractivity contribution in [1.82, 2.24) is 4.90 Å². The number of halogens is 2. The highest BCUT2D eigenvalue weighted by Crippen LogP contribution is 2.43. The summed E-state index contributed by atoms with van der Waals surface area (Å²) in [6, 6.07) is 14.5. The molecule has 0 saturated heterocycles. The summed E-state index contributed by atoms with van der Waals surface area (Å²) in [4.78, 5) is 15.5. The first kappa shape index (κ1) is 23.6. The van der Waals surface area contributed by atoms with Crippen LogP contribution in [0, 0.1) is 5.92 Å². The lowest BCUT2D eigenvalue weighted by atomic mass is 9.80. The lowest BCUT2D eigenvalue weighted by Crippen LogP contribution is -2.68. The predicted octanol–water partition coefficient (Wildman–Crippen LogP) is 5.70. The third kappa shape index (κ3) is 4.58. The quantitative estimate of drug-likeness (QED) is 0.374. The van der Waals surface area contributed by atoms with Gasteiger partial charge in [-0.2, -0.15) is 0 Å². The fourth-order valence-electron chi connectivity index (χ4n) is 4.22. The van der Waals surface area contributed by atoms with Crippen LogP contribution in [0.3, 0.4) is 0 Å². The molecule has 0 bridgehead atoms. The molecule has 0 heterocycles. The molecule has 1 saturated carbocycles. The van der Waals surface area contributed by atoms with E-state index in [4.69, 9.17) is 34.7 Å². The number of nitrogens with zero attached hydrogens (tertiary/aromatic N) is 1. The van der Waals surface area contributed by atoms with Gasteiger partial charge in [0.2, 0.25) is 5.91 Å². The first-order valence-electron chi connectivity index (χ1n) is 10.4. The second-order valence-electron chi connectivity index (χ2n) is 8.16. The Morgan fingerprint density at radius 2 is 1.42 bits per heavy atom. The Hall–Kier alpha value is -2.11. The standard InChI is InChI=1S/C25H29Cl2N3O/c1-3-14-24(28,19-10-6-12-21(26)16-19)30(23(31)18-8-5-9-18)25(29,15-4-2)20-11-7-13-22(27)17-20/h3-4,6-7,10-13,16-18H,1-2,5,8-9,14-15,28-29H2. The molecule has 31 heavy (non-hydrogen) atoms. The zero-order chi connectivity index (χ0) is 22.6. The minimum atomic E-state index is -1.26. The number of nitrogens with two attached hydrogens (primary N) is 2. The van der Waals surface area contributed by atoms with Gasteiger partial charge in [-0.3, -0.25) is 9.69 Å². The second kappa shape index (κ2) is 9.58. The smallest absolute Gasteiger partial charge is 0.229 e. The predicted molar refractivity (Wildman–Crippen MR) is 128 cm³/mol. The van der Waals surface area contributed by atoms with Gasteiger partial charge in [0.15, 0.2) is 0 Å². The molecule has 164 valence electrons. The average Bonchev–Trinajstić information content (AvgIpc) is 2.67. The van der Waals surface area contributed by atoms with Crippen LogP contribution >= 0.6 is 23.2 Å². The molecule has 6 heteroatoms. The van der Waals surface area contributed by atoms with Crippen LogP contribution in [0.1, 0.15) is 43.2 Å². The lowest BCUT2D eigenvalue weighted by molar-refractivity contribution is -0.157. The van der Waals surface area contributed by atoms with Crippen molar-refractivity contribution >= 4 is 29.1 Å². The van der Waals surface area contributed by atoms with Gasteiger partial charge in [-0.1, -0.05) is 66.0 Å². The van der Waals surface area contributed by atoms with Gasteiger partial charge in [0.25, 0.3) is 0 Å². The Morgan fingerprint density at radius 3 is 1.74 bits per heavy atom. The molecule has 2 aromatic rings. The molecule has 0 radical (unpaired) electrons. The maximum atomic E-state index is 13.9. The number of benzene rings is 2. The van der Waals surface area contributed by atoms with Crippen molar-refractivity contribution in [3.63, 3.8) is 0 Å². The van der Waals surface area contributed by atoms with Crippen molar-refractivity contribution in [3.8, 4) is 0 Å². The van der Waals surface area contributed by atoms with Gasteiger partial charge in [-0.05, 0) is 48.2 Å². The van der Waals surface area contributed by atoms with Crippen LogP contribution < -0.4 is 11.5 Å². The fraction of sp³-hybridized carbons (Fsp3) is 0.320. The van der Waals surface area contributed by atoms with Gasteiger partial charge in [0.1, 0.15) is 11.3 Å². The number of hydrogen-bond donors (Lipinski definition) is 2.